The monoisotopic (exact) mass is 332 g/mol. The molecule has 2 amide bonds. The topological polar surface area (TPSA) is 86.7 Å². The second kappa shape index (κ2) is 7.95. The van der Waals surface area contributed by atoms with Crippen LogP contribution in [0.1, 0.15) is 44.2 Å². The fourth-order valence-electron chi connectivity index (χ4n) is 3.02. The van der Waals surface area contributed by atoms with E-state index in [-0.39, 0.29) is 5.91 Å². The van der Waals surface area contributed by atoms with Crippen LogP contribution in [0.5, 0.6) is 0 Å². The summed E-state index contributed by atoms with van der Waals surface area (Å²) in [6.45, 7) is 3.77. The number of hydrogen-bond donors (Lipinski definition) is 2. The van der Waals surface area contributed by atoms with Gasteiger partial charge in [0.2, 0.25) is 11.8 Å². The number of carboxylic acid groups (broad SMARTS) is 1. The van der Waals surface area contributed by atoms with E-state index in [1.807, 2.05) is 31.2 Å². The van der Waals surface area contributed by atoms with Crippen molar-refractivity contribution in [2.45, 2.75) is 58.2 Å². The zero-order valence-corrected chi connectivity index (χ0v) is 14.1. The van der Waals surface area contributed by atoms with Gasteiger partial charge in [0.1, 0.15) is 12.1 Å². The van der Waals surface area contributed by atoms with E-state index < -0.39 is 24.0 Å². The minimum absolute atomic E-state index is 0.190. The van der Waals surface area contributed by atoms with Gasteiger partial charge in [0.15, 0.2) is 0 Å². The largest absolute Gasteiger partial charge is 0.480 e. The van der Waals surface area contributed by atoms with Crippen molar-refractivity contribution in [2.24, 2.45) is 0 Å². The molecule has 0 aliphatic carbocycles. The maximum absolute atomic E-state index is 12.6. The molecule has 0 fully saturated rings. The molecule has 6 nitrogen and oxygen atoms in total. The molecule has 6 heteroatoms. The van der Waals surface area contributed by atoms with Gasteiger partial charge >= 0.3 is 5.97 Å². The molecule has 2 atom stereocenters. The fraction of sp³-hybridized carbons (Fsp3) is 0.500. The Hall–Kier alpha value is -2.37. The third-order valence-electron chi connectivity index (χ3n) is 4.42. The number of fused-ring (bicyclic) bond motifs is 1. The second-order valence-electron chi connectivity index (χ2n) is 6.18. The van der Waals surface area contributed by atoms with Crippen LogP contribution in [0.15, 0.2) is 24.3 Å². The average Bonchev–Trinajstić information content (AvgIpc) is 2.56. The van der Waals surface area contributed by atoms with Gasteiger partial charge < -0.3 is 15.3 Å². The van der Waals surface area contributed by atoms with Gasteiger partial charge in [-0.15, -0.1) is 0 Å². The van der Waals surface area contributed by atoms with E-state index in [0.29, 0.717) is 19.4 Å². The number of carboxylic acids is 1. The van der Waals surface area contributed by atoms with Crippen molar-refractivity contribution in [1.29, 1.82) is 0 Å². The van der Waals surface area contributed by atoms with E-state index in [4.69, 9.17) is 0 Å². The minimum Gasteiger partial charge on any atom is -0.480 e. The van der Waals surface area contributed by atoms with E-state index in [1.54, 1.807) is 0 Å². The quantitative estimate of drug-likeness (QED) is 0.830. The Balaban J connectivity index is 2.16. The lowest BCUT2D eigenvalue weighted by Gasteiger charge is -2.35. The van der Waals surface area contributed by atoms with Gasteiger partial charge in [0, 0.05) is 19.9 Å². The molecule has 0 saturated carbocycles. The summed E-state index contributed by atoms with van der Waals surface area (Å²) in [5.74, 6) is -1.63. The van der Waals surface area contributed by atoms with Crippen molar-refractivity contribution >= 4 is 17.8 Å². The molecule has 1 aromatic carbocycles. The molecule has 130 valence electrons. The number of rotatable bonds is 6. The molecule has 24 heavy (non-hydrogen) atoms. The maximum atomic E-state index is 12.6. The molecule has 1 aliphatic rings. The summed E-state index contributed by atoms with van der Waals surface area (Å²) in [7, 11) is 0. The molecule has 1 aliphatic heterocycles. The van der Waals surface area contributed by atoms with Gasteiger partial charge in [0.25, 0.3) is 0 Å². The predicted molar refractivity (Wildman–Crippen MR) is 89.2 cm³/mol. The Bertz CT molecular complexity index is 629. The van der Waals surface area contributed by atoms with Crippen LogP contribution in [0.3, 0.4) is 0 Å². The first-order valence-corrected chi connectivity index (χ1v) is 8.31. The number of unbranched alkanes of at least 4 members (excludes halogenated alkanes) is 1. The predicted octanol–water partition coefficient (Wildman–Crippen LogP) is 1.72. The number of benzene rings is 1. The molecule has 0 bridgehead atoms. The highest BCUT2D eigenvalue weighted by molar-refractivity contribution is 5.90. The second-order valence-corrected chi connectivity index (χ2v) is 6.18. The van der Waals surface area contributed by atoms with E-state index in [9.17, 15) is 19.5 Å². The van der Waals surface area contributed by atoms with Gasteiger partial charge in [-0.2, -0.15) is 0 Å². The van der Waals surface area contributed by atoms with Gasteiger partial charge in [-0.3, -0.25) is 9.59 Å². The normalized spacial score (nSPS) is 17.8. The lowest BCUT2D eigenvalue weighted by molar-refractivity contribution is -0.145. The Morgan fingerprint density at radius 2 is 1.96 bits per heavy atom. The molecule has 0 aromatic heterocycles. The number of amides is 2. The summed E-state index contributed by atoms with van der Waals surface area (Å²) < 4.78 is 0. The Labute approximate surface area is 141 Å². The standard InChI is InChI=1S/C18H24N2O4/c1-3-4-9-15(18(23)24)19-17(22)16-10-13-7-5-6-8-14(13)11-20(16)12(2)21/h5-8,15-16H,3-4,9-11H2,1-2H3,(H,19,22)(H,23,24)/t15?,16-/m0/s1. The molecule has 0 saturated heterocycles. The van der Waals surface area contributed by atoms with Gasteiger partial charge in [-0.1, -0.05) is 44.0 Å². The van der Waals surface area contributed by atoms with Crippen LogP contribution in [-0.4, -0.2) is 39.9 Å². The Morgan fingerprint density at radius 1 is 1.29 bits per heavy atom. The molecule has 1 unspecified atom stereocenters. The SMILES string of the molecule is CCCCC(NC(=O)[C@@H]1Cc2ccccc2CN1C(C)=O)C(=O)O. The third-order valence-corrected chi connectivity index (χ3v) is 4.42. The number of hydrogen-bond acceptors (Lipinski definition) is 3. The van der Waals surface area contributed by atoms with Crippen LogP contribution in [0.4, 0.5) is 0 Å². The van der Waals surface area contributed by atoms with Gasteiger partial charge in [-0.25, -0.2) is 4.79 Å². The van der Waals surface area contributed by atoms with Crippen molar-refractivity contribution in [3.8, 4) is 0 Å². The van der Waals surface area contributed by atoms with Gasteiger partial charge in [0.05, 0.1) is 0 Å². The van der Waals surface area contributed by atoms with E-state index in [1.165, 1.54) is 11.8 Å². The summed E-state index contributed by atoms with van der Waals surface area (Å²) in [5.41, 5.74) is 2.05. The van der Waals surface area contributed by atoms with Crippen LogP contribution in [0.2, 0.25) is 0 Å². The van der Waals surface area contributed by atoms with Crippen molar-refractivity contribution in [2.75, 3.05) is 0 Å². The van der Waals surface area contributed by atoms with Crippen molar-refractivity contribution < 1.29 is 19.5 Å². The molecule has 2 N–H and O–H groups in total. The van der Waals surface area contributed by atoms with Gasteiger partial charge in [-0.05, 0) is 17.5 Å². The smallest absolute Gasteiger partial charge is 0.326 e. The van der Waals surface area contributed by atoms with Crippen LogP contribution in [0.25, 0.3) is 0 Å². The number of carbonyl (C=O) groups is 3. The van der Waals surface area contributed by atoms with Crippen LogP contribution in [0, 0.1) is 0 Å². The number of nitrogens with zero attached hydrogens (tertiary/aromatic N) is 1. The molecule has 2 rings (SSSR count). The highest BCUT2D eigenvalue weighted by Gasteiger charge is 2.34. The van der Waals surface area contributed by atoms with E-state index in [0.717, 1.165) is 24.0 Å². The fourth-order valence-corrected chi connectivity index (χ4v) is 3.02. The highest BCUT2D eigenvalue weighted by Crippen LogP contribution is 2.23. The van der Waals surface area contributed by atoms with Crippen molar-refractivity contribution in [3.05, 3.63) is 35.4 Å². The summed E-state index contributed by atoms with van der Waals surface area (Å²) in [6, 6.07) is 6.12. The van der Waals surface area contributed by atoms with E-state index in [2.05, 4.69) is 5.32 Å². The molecule has 0 radical (unpaired) electrons. The third kappa shape index (κ3) is 4.13. The molecule has 1 heterocycles. The lowest BCUT2D eigenvalue weighted by Crippen LogP contribution is -2.55. The van der Waals surface area contributed by atoms with Crippen LogP contribution >= 0.6 is 0 Å². The highest BCUT2D eigenvalue weighted by atomic mass is 16.4. The summed E-state index contributed by atoms with van der Waals surface area (Å²) in [4.78, 5) is 37.4. The number of nitrogens with one attached hydrogen (secondary N) is 1. The molecule has 1 aromatic rings. The minimum atomic E-state index is -1.04. The average molecular weight is 332 g/mol. The first-order valence-electron chi connectivity index (χ1n) is 8.31. The Kier molecular flexibility index (Phi) is 5.95. The van der Waals surface area contributed by atoms with Crippen LogP contribution < -0.4 is 5.32 Å². The summed E-state index contributed by atoms with van der Waals surface area (Å²) >= 11 is 0. The molecule has 0 spiro atoms. The number of aliphatic carboxylic acids is 1. The Morgan fingerprint density at radius 3 is 2.54 bits per heavy atom. The summed E-state index contributed by atoms with van der Waals surface area (Å²) in [5, 5.41) is 11.9. The lowest BCUT2D eigenvalue weighted by atomic mass is 9.93. The van der Waals surface area contributed by atoms with E-state index >= 15 is 0 Å². The van der Waals surface area contributed by atoms with Crippen molar-refractivity contribution in [3.63, 3.8) is 0 Å². The summed E-state index contributed by atoms with van der Waals surface area (Å²) in [6.07, 6.45) is 2.37. The zero-order chi connectivity index (χ0) is 17.7. The van der Waals surface area contributed by atoms with Crippen LogP contribution in [-0.2, 0) is 27.3 Å². The molecular formula is C18H24N2O4. The maximum Gasteiger partial charge on any atom is 0.326 e. The first kappa shape index (κ1) is 18.0. The van der Waals surface area contributed by atoms with Crippen molar-refractivity contribution in [1.82, 2.24) is 10.2 Å². The number of carbonyl (C=O) groups excluding carboxylic acids is 2. The molecular weight excluding hydrogens is 308 g/mol. The first-order chi connectivity index (χ1) is 11.4. The zero-order valence-electron chi connectivity index (χ0n) is 14.1.